The summed E-state index contributed by atoms with van der Waals surface area (Å²) in [6, 6.07) is 6.83. The van der Waals surface area contributed by atoms with Crippen LogP contribution in [-0.2, 0) is 0 Å². The molecule has 1 aromatic carbocycles. The summed E-state index contributed by atoms with van der Waals surface area (Å²) in [6.07, 6.45) is 3.01. The Morgan fingerprint density at radius 2 is 1.89 bits per heavy atom. The molecule has 0 N–H and O–H groups in total. The van der Waals surface area contributed by atoms with Gasteiger partial charge in [-0.15, -0.1) is 11.3 Å². The Hall–Kier alpha value is -2.86. The van der Waals surface area contributed by atoms with Crippen LogP contribution in [0.4, 0.5) is 19.2 Å². The normalized spacial score (nSPS) is 15.3. The minimum Gasteiger partial charge on any atom is -0.473 e. The molecular formula is C23H22F3N5O2S2. The lowest BCUT2D eigenvalue weighted by Crippen LogP contribution is -2.38. The lowest BCUT2D eigenvalue weighted by molar-refractivity contribution is -0.0328. The van der Waals surface area contributed by atoms with Gasteiger partial charge in [-0.05, 0) is 29.5 Å². The van der Waals surface area contributed by atoms with Crippen LogP contribution >= 0.6 is 23.1 Å². The molecule has 35 heavy (non-hydrogen) atoms. The number of halogens is 3. The summed E-state index contributed by atoms with van der Waals surface area (Å²) in [6.45, 7) is 5.51. The maximum atomic E-state index is 12.6. The third-order valence-corrected chi connectivity index (χ3v) is 7.35. The molecule has 1 fully saturated rings. The highest BCUT2D eigenvalue weighted by molar-refractivity contribution is 8.00. The highest BCUT2D eigenvalue weighted by Crippen LogP contribution is 2.40. The Morgan fingerprint density at radius 3 is 2.54 bits per heavy atom. The SMILES string of the molecule is CC(C)c1noc(N2CCC(Oc3ncnc4c(-c5ccc(SC(F)(F)F)cc5)csc34)CC2)n1. The van der Waals surface area contributed by atoms with Gasteiger partial charge in [-0.3, -0.25) is 0 Å². The van der Waals surface area contributed by atoms with E-state index in [1.165, 1.54) is 29.8 Å². The summed E-state index contributed by atoms with van der Waals surface area (Å²) in [4.78, 5) is 15.5. The number of benzene rings is 1. The van der Waals surface area contributed by atoms with Gasteiger partial charge in [-0.25, -0.2) is 9.97 Å². The topological polar surface area (TPSA) is 77.2 Å². The zero-order chi connectivity index (χ0) is 24.6. The van der Waals surface area contributed by atoms with Crippen LogP contribution in [0.15, 0.2) is 45.4 Å². The number of thioether (sulfide) groups is 1. The summed E-state index contributed by atoms with van der Waals surface area (Å²) < 4.78 is 50.3. The van der Waals surface area contributed by atoms with Crippen LogP contribution in [0.5, 0.6) is 5.88 Å². The standard InChI is InChI=1S/C23H22F3N5O2S2/c1-13(2)20-29-22(33-30-20)31-9-7-15(8-10-31)32-21-19-18(27-12-28-21)17(11-34-19)14-3-5-16(6-4-14)35-23(24,25)26/h3-6,11-13,15H,7-10H2,1-2H3. The molecule has 3 aromatic heterocycles. The van der Waals surface area contributed by atoms with Crippen LogP contribution in [0.1, 0.15) is 38.4 Å². The zero-order valence-electron chi connectivity index (χ0n) is 19.0. The van der Waals surface area contributed by atoms with Crippen LogP contribution in [0.25, 0.3) is 21.3 Å². The summed E-state index contributed by atoms with van der Waals surface area (Å²) in [5.74, 6) is 1.43. The van der Waals surface area contributed by atoms with Crippen LogP contribution in [0.3, 0.4) is 0 Å². The van der Waals surface area contributed by atoms with Gasteiger partial charge in [0.25, 0.3) is 0 Å². The minimum atomic E-state index is -4.31. The molecule has 0 atom stereocenters. The second kappa shape index (κ2) is 9.65. The first-order chi connectivity index (χ1) is 16.8. The fourth-order valence-electron chi connectivity index (χ4n) is 3.87. The third kappa shape index (κ3) is 5.37. The lowest BCUT2D eigenvalue weighted by Gasteiger charge is -2.30. The quantitative estimate of drug-likeness (QED) is 0.265. The predicted octanol–water partition coefficient (Wildman–Crippen LogP) is 6.52. The van der Waals surface area contributed by atoms with E-state index in [-0.39, 0.29) is 28.7 Å². The number of nitrogens with zero attached hydrogens (tertiary/aromatic N) is 5. The maximum Gasteiger partial charge on any atom is 0.446 e. The monoisotopic (exact) mass is 521 g/mol. The van der Waals surface area contributed by atoms with E-state index in [9.17, 15) is 13.2 Å². The molecule has 1 aliphatic rings. The molecule has 1 saturated heterocycles. The van der Waals surface area contributed by atoms with Crippen molar-refractivity contribution in [1.82, 2.24) is 20.1 Å². The Bertz CT molecular complexity index is 1300. The Labute approximate surface area is 207 Å². The van der Waals surface area contributed by atoms with Crippen molar-refractivity contribution in [2.24, 2.45) is 0 Å². The Balaban J connectivity index is 1.27. The summed E-state index contributed by atoms with van der Waals surface area (Å²) in [7, 11) is 0. The fourth-order valence-corrected chi connectivity index (χ4v) is 5.37. The summed E-state index contributed by atoms with van der Waals surface area (Å²) in [5.41, 5.74) is -1.95. The number of anilines is 1. The largest absolute Gasteiger partial charge is 0.473 e. The number of hydrogen-bond acceptors (Lipinski definition) is 9. The van der Waals surface area contributed by atoms with Crippen molar-refractivity contribution in [2.45, 2.75) is 49.1 Å². The molecule has 5 rings (SSSR count). The molecule has 0 aliphatic carbocycles. The smallest absolute Gasteiger partial charge is 0.446 e. The Morgan fingerprint density at radius 1 is 1.14 bits per heavy atom. The number of hydrogen-bond donors (Lipinski definition) is 0. The van der Waals surface area contributed by atoms with E-state index < -0.39 is 5.51 Å². The first kappa shape index (κ1) is 23.9. The van der Waals surface area contributed by atoms with E-state index in [0.29, 0.717) is 17.7 Å². The molecule has 0 spiro atoms. The van der Waals surface area contributed by atoms with E-state index in [1.807, 2.05) is 19.2 Å². The average molecular weight is 522 g/mol. The zero-order valence-corrected chi connectivity index (χ0v) is 20.6. The number of aromatic nitrogens is 4. The number of ether oxygens (including phenoxy) is 1. The molecule has 0 saturated carbocycles. The number of piperidine rings is 1. The maximum absolute atomic E-state index is 12.6. The highest BCUT2D eigenvalue weighted by Gasteiger charge is 2.29. The molecular weight excluding hydrogens is 499 g/mol. The van der Waals surface area contributed by atoms with Crippen molar-refractivity contribution < 1.29 is 22.4 Å². The number of thiophene rings is 1. The number of alkyl halides is 3. The molecule has 12 heteroatoms. The molecule has 1 aliphatic heterocycles. The molecule has 0 bridgehead atoms. The Kier molecular flexibility index (Phi) is 6.58. The molecule has 0 amide bonds. The van der Waals surface area contributed by atoms with E-state index in [2.05, 4.69) is 25.0 Å². The van der Waals surface area contributed by atoms with Gasteiger partial charge in [-0.1, -0.05) is 31.1 Å². The van der Waals surface area contributed by atoms with Gasteiger partial charge in [0, 0.05) is 47.7 Å². The first-order valence-corrected chi connectivity index (χ1v) is 12.8. The molecule has 4 aromatic rings. The van der Waals surface area contributed by atoms with Gasteiger partial charge in [0.1, 0.15) is 17.1 Å². The molecule has 0 unspecified atom stereocenters. The third-order valence-electron chi connectivity index (χ3n) is 5.66. The van der Waals surface area contributed by atoms with E-state index in [1.54, 1.807) is 12.1 Å². The van der Waals surface area contributed by atoms with Crippen LogP contribution in [0, 0.1) is 0 Å². The van der Waals surface area contributed by atoms with E-state index >= 15 is 0 Å². The fraction of sp³-hybridized carbons (Fsp3) is 0.391. The number of rotatable bonds is 6. The van der Waals surface area contributed by atoms with Crippen molar-refractivity contribution in [3.8, 4) is 17.0 Å². The summed E-state index contributed by atoms with van der Waals surface area (Å²) in [5, 5.41) is 5.97. The van der Waals surface area contributed by atoms with Crippen molar-refractivity contribution >= 4 is 39.3 Å². The van der Waals surface area contributed by atoms with Crippen molar-refractivity contribution in [3.63, 3.8) is 0 Å². The number of fused-ring (bicyclic) bond motifs is 1. The van der Waals surface area contributed by atoms with Gasteiger partial charge in [0.05, 0.1) is 5.52 Å². The van der Waals surface area contributed by atoms with Crippen LogP contribution < -0.4 is 9.64 Å². The van der Waals surface area contributed by atoms with Gasteiger partial charge in [-0.2, -0.15) is 18.2 Å². The summed E-state index contributed by atoms with van der Waals surface area (Å²) >= 11 is 1.34. The molecule has 7 nitrogen and oxygen atoms in total. The van der Waals surface area contributed by atoms with Crippen molar-refractivity contribution in [3.05, 3.63) is 41.8 Å². The van der Waals surface area contributed by atoms with Crippen molar-refractivity contribution in [1.29, 1.82) is 0 Å². The van der Waals surface area contributed by atoms with Gasteiger partial charge >= 0.3 is 11.5 Å². The average Bonchev–Trinajstić information content (AvgIpc) is 3.48. The molecule has 0 radical (unpaired) electrons. The van der Waals surface area contributed by atoms with Crippen molar-refractivity contribution in [2.75, 3.05) is 18.0 Å². The van der Waals surface area contributed by atoms with E-state index in [4.69, 9.17) is 9.26 Å². The molecule has 184 valence electrons. The van der Waals surface area contributed by atoms with Gasteiger partial charge < -0.3 is 14.2 Å². The lowest BCUT2D eigenvalue weighted by atomic mass is 10.1. The predicted molar refractivity (Wildman–Crippen MR) is 129 cm³/mol. The molecule has 4 heterocycles. The second-order valence-electron chi connectivity index (χ2n) is 8.47. The van der Waals surface area contributed by atoms with Gasteiger partial charge in [0.15, 0.2) is 5.82 Å². The highest BCUT2D eigenvalue weighted by atomic mass is 32.2. The second-order valence-corrected chi connectivity index (χ2v) is 10.5. The van der Waals surface area contributed by atoms with Crippen LogP contribution in [-0.4, -0.2) is 44.8 Å². The van der Waals surface area contributed by atoms with Gasteiger partial charge in [0.2, 0.25) is 5.88 Å². The van der Waals surface area contributed by atoms with Crippen LogP contribution in [0.2, 0.25) is 0 Å². The minimum absolute atomic E-state index is 0.0129. The van der Waals surface area contributed by atoms with E-state index in [0.717, 1.165) is 47.3 Å². The first-order valence-electron chi connectivity index (χ1n) is 11.1.